The van der Waals surface area contributed by atoms with Crippen LogP contribution >= 0.6 is 0 Å². The molecular weight excluding hydrogens is 396 g/mol. The fourth-order valence-electron chi connectivity index (χ4n) is 5.85. The van der Waals surface area contributed by atoms with E-state index in [0.717, 1.165) is 62.4 Å². The lowest BCUT2D eigenvalue weighted by Gasteiger charge is -2.36. The molecule has 0 spiro atoms. The van der Waals surface area contributed by atoms with E-state index in [0.29, 0.717) is 5.92 Å². The second kappa shape index (κ2) is 8.43. The molecule has 3 aliphatic rings. The van der Waals surface area contributed by atoms with Crippen LogP contribution in [0.25, 0.3) is 0 Å². The number of carbonyl (C=O) groups excluding carboxylic acids is 1. The zero-order valence-corrected chi connectivity index (χ0v) is 19.7. The number of likely N-dealkylation sites (N-methyl/N-ethyl adjacent to an activating group) is 1. The Labute approximate surface area is 192 Å². The van der Waals surface area contributed by atoms with Crippen molar-refractivity contribution in [1.82, 2.24) is 4.90 Å². The minimum Gasteiger partial charge on any atom is -0.370 e. The van der Waals surface area contributed by atoms with Crippen molar-refractivity contribution in [3.63, 3.8) is 0 Å². The third-order valence-electron chi connectivity index (χ3n) is 7.97. The molecule has 2 N–H and O–H groups in total. The molecule has 5 rings (SSSR count). The standard InChI is InChI=1S/C27H36N4O/c1-19-11-12-23(31-15-13-30(3)14-16-31)17-24(19)28-26(32)27(22-9-4-5-10-22)18-21-8-6-7-20(2)25(21)29-27/h6-8,11-12,17,22,29H,4-5,9-10,13-16,18H2,1-3H3,(H,28,32). The van der Waals surface area contributed by atoms with Gasteiger partial charge in [-0.15, -0.1) is 0 Å². The molecule has 170 valence electrons. The maximum absolute atomic E-state index is 14.0. The number of benzene rings is 2. The number of aryl methyl sites for hydroxylation is 2. The molecule has 2 fully saturated rings. The molecule has 1 aliphatic carbocycles. The number of carbonyl (C=O) groups is 1. The first-order chi connectivity index (χ1) is 15.5. The Morgan fingerprint density at radius 1 is 1.03 bits per heavy atom. The summed E-state index contributed by atoms with van der Waals surface area (Å²) in [6, 6.07) is 12.9. The van der Waals surface area contributed by atoms with Crippen molar-refractivity contribution in [2.24, 2.45) is 5.92 Å². The lowest BCUT2D eigenvalue weighted by Crippen LogP contribution is -2.53. The van der Waals surface area contributed by atoms with Gasteiger partial charge >= 0.3 is 0 Å². The van der Waals surface area contributed by atoms with Crippen molar-refractivity contribution in [3.05, 3.63) is 53.1 Å². The fourth-order valence-corrected chi connectivity index (χ4v) is 5.85. The first kappa shape index (κ1) is 21.3. The molecule has 1 unspecified atom stereocenters. The molecule has 0 aromatic heterocycles. The number of hydrogen-bond donors (Lipinski definition) is 2. The molecule has 1 saturated carbocycles. The normalized spacial score (nSPS) is 23.8. The zero-order chi connectivity index (χ0) is 22.3. The summed E-state index contributed by atoms with van der Waals surface area (Å²) in [6.07, 6.45) is 5.45. The monoisotopic (exact) mass is 432 g/mol. The number of anilines is 3. The number of nitrogens with one attached hydrogen (secondary N) is 2. The van der Waals surface area contributed by atoms with E-state index >= 15 is 0 Å². The van der Waals surface area contributed by atoms with E-state index in [1.807, 2.05) is 0 Å². The average Bonchev–Trinajstić information content (AvgIpc) is 3.45. The lowest BCUT2D eigenvalue weighted by atomic mass is 9.79. The molecular formula is C27H36N4O. The zero-order valence-electron chi connectivity index (χ0n) is 19.7. The minimum absolute atomic E-state index is 0.124. The van der Waals surface area contributed by atoms with E-state index in [4.69, 9.17) is 0 Å². The third kappa shape index (κ3) is 3.77. The van der Waals surface area contributed by atoms with Crippen LogP contribution < -0.4 is 15.5 Å². The van der Waals surface area contributed by atoms with Gasteiger partial charge in [0.05, 0.1) is 0 Å². The number of nitrogens with zero attached hydrogens (tertiary/aromatic N) is 2. The van der Waals surface area contributed by atoms with Crippen LogP contribution in [0.5, 0.6) is 0 Å². The van der Waals surface area contributed by atoms with Gasteiger partial charge in [-0.3, -0.25) is 4.79 Å². The van der Waals surface area contributed by atoms with Crippen LogP contribution in [0.2, 0.25) is 0 Å². The van der Waals surface area contributed by atoms with Gasteiger partial charge in [0.2, 0.25) is 0 Å². The van der Waals surface area contributed by atoms with Crippen LogP contribution in [0.1, 0.15) is 42.4 Å². The highest BCUT2D eigenvalue weighted by molar-refractivity contribution is 6.03. The molecule has 0 bridgehead atoms. The third-order valence-corrected chi connectivity index (χ3v) is 7.97. The van der Waals surface area contributed by atoms with E-state index in [1.54, 1.807) is 0 Å². The van der Waals surface area contributed by atoms with Crippen molar-refractivity contribution in [2.75, 3.05) is 48.8 Å². The highest BCUT2D eigenvalue weighted by Gasteiger charge is 2.50. The van der Waals surface area contributed by atoms with Gasteiger partial charge in [0.25, 0.3) is 5.91 Å². The van der Waals surface area contributed by atoms with E-state index in [9.17, 15) is 4.79 Å². The first-order valence-corrected chi connectivity index (χ1v) is 12.2. The molecule has 0 radical (unpaired) electrons. The van der Waals surface area contributed by atoms with E-state index in [2.05, 4.69) is 77.7 Å². The maximum atomic E-state index is 14.0. The number of piperazine rings is 1. The van der Waals surface area contributed by atoms with Crippen molar-refractivity contribution in [1.29, 1.82) is 0 Å². The second-order valence-corrected chi connectivity index (χ2v) is 10.1. The Morgan fingerprint density at radius 3 is 2.50 bits per heavy atom. The Morgan fingerprint density at radius 2 is 1.78 bits per heavy atom. The number of hydrogen-bond acceptors (Lipinski definition) is 4. The predicted molar refractivity (Wildman–Crippen MR) is 133 cm³/mol. The summed E-state index contributed by atoms with van der Waals surface area (Å²) in [5.74, 6) is 0.494. The Hall–Kier alpha value is -2.53. The van der Waals surface area contributed by atoms with Gasteiger partial charge in [-0.2, -0.15) is 0 Å². The molecule has 1 amide bonds. The lowest BCUT2D eigenvalue weighted by molar-refractivity contribution is -0.121. The van der Waals surface area contributed by atoms with Crippen molar-refractivity contribution < 1.29 is 4.79 Å². The van der Waals surface area contributed by atoms with Crippen LogP contribution in [0.15, 0.2) is 36.4 Å². The van der Waals surface area contributed by atoms with Crippen LogP contribution in [0.4, 0.5) is 17.1 Å². The smallest absolute Gasteiger partial charge is 0.250 e. The summed E-state index contributed by atoms with van der Waals surface area (Å²) in [6.45, 7) is 8.42. The molecule has 32 heavy (non-hydrogen) atoms. The summed E-state index contributed by atoms with van der Waals surface area (Å²) in [5.41, 5.74) is 6.37. The predicted octanol–water partition coefficient (Wildman–Crippen LogP) is 4.59. The van der Waals surface area contributed by atoms with Crippen molar-refractivity contribution in [2.45, 2.75) is 51.5 Å². The summed E-state index contributed by atoms with van der Waals surface area (Å²) in [4.78, 5) is 18.8. The quantitative estimate of drug-likeness (QED) is 0.742. The molecule has 1 saturated heterocycles. The molecule has 1 atom stereocenters. The molecule has 5 heteroatoms. The van der Waals surface area contributed by atoms with Gasteiger partial charge in [-0.1, -0.05) is 37.1 Å². The molecule has 5 nitrogen and oxygen atoms in total. The Kier molecular flexibility index (Phi) is 5.62. The maximum Gasteiger partial charge on any atom is 0.250 e. The SMILES string of the molecule is Cc1ccc(N2CCN(C)CC2)cc1NC(=O)C1(C2CCCC2)Cc2cccc(C)c2N1. The number of amides is 1. The van der Waals surface area contributed by atoms with Crippen LogP contribution in [0.3, 0.4) is 0 Å². The van der Waals surface area contributed by atoms with E-state index in [-0.39, 0.29) is 5.91 Å². The van der Waals surface area contributed by atoms with Crippen molar-refractivity contribution >= 4 is 23.0 Å². The number of fused-ring (bicyclic) bond motifs is 1. The topological polar surface area (TPSA) is 47.6 Å². The molecule has 2 aromatic carbocycles. The van der Waals surface area contributed by atoms with Crippen LogP contribution in [0, 0.1) is 19.8 Å². The summed E-state index contributed by atoms with van der Waals surface area (Å²) >= 11 is 0. The van der Waals surface area contributed by atoms with Gasteiger partial charge in [-0.25, -0.2) is 0 Å². The van der Waals surface area contributed by atoms with E-state index < -0.39 is 5.54 Å². The summed E-state index contributed by atoms with van der Waals surface area (Å²) < 4.78 is 0. The van der Waals surface area contributed by atoms with Crippen molar-refractivity contribution in [3.8, 4) is 0 Å². The Bertz CT molecular complexity index is 1000. The van der Waals surface area contributed by atoms with Gasteiger partial charge in [0.1, 0.15) is 5.54 Å². The number of rotatable bonds is 4. The molecule has 2 aliphatic heterocycles. The fraction of sp³-hybridized carbons (Fsp3) is 0.519. The van der Waals surface area contributed by atoms with E-state index in [1.165, 1.54) is 29.7 Å². The number of para-hydroxylation sites is 1. The second-order valence-electron chi connectivity index (χ2n) is 10.1. The van der Waals surface area contributed by atoms with Gasteiger partial charge in [0.15, 0.2) is 0 Å². The molecule has 2 aromatic rings. The minimum atomic E-state index is -0.554. The average molecular weight is 433 g/mol. The first-order valence-electron chi connectivity index (χ1n) is 12.2. The van der Waals surface area contributed by atoms with Gasteiger partial charge < -0.3 is 20.4 Å². The van der Waals surface area contributed by atoms with Crippen LogP contribution in [-0.4, -0.2) is 49.6 Å². The highest BCUT2D eigenvalue weighted by Crippen LogP contribution is 2.45. The van der Waals surface area contributed by atoms with Gasteiger partial charge in [-0.05, 0) is 68.5 Å². The Balaban J connectivity index is 1.42. The summed E-state index contributed by atoms with van der Waals surface area (Å²) in [7, 11) is 2.18. The summed E-state index contributed by atoms with van der Waals surface area (Å²) in [5, 5.41) is 7.13. The molecule has 2 heterocycles. The largest absolute Gasteiger partial charge is 0.370 e. The highest BCUT2D eigenvalue weighted by atomic mass is 16.2. The van der Waals surface area contributed by atoms with Gasteiger partial charge in [0, 0.05) is 49.7 Å². The van der Waals surface area contributed by atoms with Crippen LogP contribution in [-0.2, 0) is 11.2 Å².